The number of carbonyl (C=O) groups excluding carboxylic acids is 1. The number of unbranched alkanes of at least 4 members (excludes halogenated alkanes) is 1. The van der Waals surface area contributed by atoms with Crippen molar-refractivity contribution in [1.29, 1.82) is 0 Å². The second-order valence-corrected chi connectivity index (χ2v) is 10.3. The molecule has 1 atom stereocenters. The standard InChI is InChI=1S/C25H36N2O3S/c1-6-8-9-21(7-2)17-26-25(28)23-14-12-22(13-15-23)18-27(31(5,29)30)24-16-19(3)10-11-20(24)4/h10-16,21H,6-9,17-18H2,1-5H3,(H,26,28). The van der Waals surface area contributed by atoms with Crippen molar-refractivity contribution in [1.82, 2.24) is 5.32 Å². The molecule has 1 amide bonds. The molecule has 2 aromatic rings. The molecule has 0 bridgehead atoms. The first kappa shape index (κ1) is 24.9. The molecule has 170 valence electrons. The fraction of sp³-hybridized carbons (Fsp3) is 0.480. The quantitative estimate of drug-likeness (QED) is 0.517. The number of sulfonamides is 1. The number of carbonyl (C=O) groups is 1. The van der Waals surface area contributed by atoms with Crippen LogP contribution in [0.2, 0.25) is 0 Å². The van der Waals surface area contributed by atoms with Crippen LogP contribution in [0.25, 0.3) is 0 Å². The summed E-state index contributed by atoms with van der Waals surface area (Å²) in [6.07, 6.45) is 5.75. The van der Waals surface area contributed by atoms with Crippen LogP contribution in [0.4, 0.5) is 5.69 Å². The minimum atomic E-state index is -3.46. The first-order valence-electron chi connectivity index (χ1n) is 11.1. The van der Waals surface area contributed by atoms with Gasteiger partial charge in [-0.05, 0) is 61.1 Å². The fourth-order valence-electron chi connectivity index (χ4n) is 3.58. The summed E-state index contributed by atoms with van der Waals surface area (Å²) >= 11 is 0. The molecule has 0 radical (unpaired) electrons. The van der Waals surface area contributed by atoms with Crippen LogP contribution >= 0.6 is 0 Å². The Morgan fingerprint density at radius 2 is 1.74 bits per heavy atom. The van der Waals surface area contributed by atoms with E-state index >= 15 is 0 Å². The molecular weight excluding hydrogens is 408 g/mol. The molecule has 31 heavy (non-hydrogen) atoms. The van der Waals surface area contributed by atoms with Gasteiger partial charge in [-0.25, -0.2) is 8.42 Å². The highest BCUT2D eigenvalue weighted by atomic mass is 32.2. The Bertz CT molecular complexity index is 969. The van der Waals surface area contributed by atoms with Crippen molar-refractivity contribution in [3.05, 3.63) is 64.7 Å². The number of amides is 1. The summed E-state index contributed by atoms with van der Waals surface area (Å²) in [5, 5.41) is 3.04. The average Bonchev–Trinajstić information content (AvgIpc) is 2.73. The molecule has 2 rings (SSSR count). The van der Waals surface area contributed by atoms with Crippen LogP contribution in [0.15, 0.2) is 42.5 Å². The van der Waals surface area contributed by atoms with Gasteiger partial charge in [-0.2, -0.15) is 0 Å². The topological polar surface area (TPSA) is 66.5 Å². The van der Waals surface area contributed by atoms with Crippen molar-refractivity contribution in [2.45, 2.75) is 59.9 Å². The predicted molar refractivity (Wildman–Crippen MR) is 129 cm³/mol. The molecule has 1 unspecified atom stereocenters. The van der Waals surface area contributed by atoms with Crippen molar-refractivity contribution in [3.63, 3.8) is 0 Å². The second kappa shape index (κ2) is 11.3. The monoisotopic (exact) mass is 444 g/mol. The molecule has 0 saturated carbocycles. The van der Waals surface area contributed by atoms with Gasteiger partial charge in [0.1, 0.15) is 0 Å². The Labute approximate surface area is 187 Å². The highest BCUT2D eigenvalue weighted by molar-refractivity contribution is 7.92. The van der Waals surface area contributed by atoms with E-state index in [1.165, 1.54) is 23.4 Å². The van der Waals surface area contributed by atoms with Crippen molar-refractivity contribution in [3.8, 4) is 0 Å². The lowest BCUT2D eigenvalue weighted by Crippen LogP contribution is -2.30. The lowest BCUT2D eigenvalue weighted by atomic mass is 9.99. The number of benzene rings is 2. The third-order valence-electron chi connectivity index (χ3n) is 5.67. The highest BCUT2D eigenvalue weighted by Crippen LogP contribution is 2.26. The third kappa shape index (κ3) is 7.39. The molecule has 0 saturated heterocycles. The number of nitrogens with one attached hydrogen (secondary N) is 1. The smallest absolute Gasteiger partial charge is 0.251 e. The van der Waals surface area contributed by atoms with E-state index in [1.807, 2.05) is 44.2 Å². The molecule has 0 aliphatic carbocycles. The SMILES string of the molecule is CCCCC(CC)CNC(=O)c1ccc(CN(c2cc(C)ccc2C)S(C)(=O)=O)cc1. The van der Waals surface area contributed by atoms with E-state index in [4.69, 9.17) is 0 Å². The Hall–Kier alpha value is -2.34. The summed E-state index contributed by atoms with van der Waals surface area (Å²) in [7, 11) is -3.46. The van der Waals surface area contributed by atoms with Crippen LogP contribution in [-0.4, -0.2) is 27.1 Å². The van der Waals surface area contributed by atoms with E-state index < -0.39 is 10.0 Å². The molecule has 6 heteroatoms. The Morgan fingerprint density at radius 1 is 1.06 bits per heavy atom. The van der Waals surface area contributed by atoms with Crippen LogP contribution < -0.4 is 9.62 Å². The van der Waals surface area contributed by atoms with E-state index in [9.17, 15) is 13.2 Å². The number of anilines is 1. The largest absolute Gasteiger partial charge is 0.352 e. The maximum atomic E-state index is 12.5. The Kier molecular flexibility index (Phi) is 9.11. The molecular formula is C25H36N2O3S. The van der Waals surface area contributed by atoms with Gasteiger partial charge >= 0.3 is 0 Å². The van der Waals surface area contributed by atoms with Crippen LogP contribution in [0, 0.1) is 19.8 Å². The summed E-state index contributed by atoms with van der Waals surface area (Å²) in [6.45, 7) is 9.10. The normalized spacial score (nSPS) is 12.4. The lowest BCUT2D eigenvalue weighted by Gasteiger charge is -2.25. The molecule has 1 N–H and O–H groups in total. The predicted octanol–water partition coefficient (Wildman–Crippen LogP) is 5.22. The van der Waals surface area contributed by atoms with E-state index in [-0.39, 0.29) is 12.5 Å². The van der Waals surface area contributed by atoms with Crippen LogP contribution in [0.5, 0.6) is 0 Å². The summed E-state index contributed by atoms with van der Waals surface area (Å²) < 4.78 is 26.4. The number of hydrogen-bond acceptors (Lipinski definition) is 3. The van der Waals surface area contributed by atoms with Gasteiger partial charge in [-0.3, -0.25) is 9.10 Å². The number of nitrogens with zero attached hydrogens (tertiary/aromatic N) is 1. The minimum absolute atomic E-state index is 0.0870. The maximum absolute atomic E-state index is 12.5. The summed E-state index contributed by atoms with van der Waals surface area (Å²) in [6, 6.07) is 13.0. The van der Waals surface area contributed by atoms with E-state index in [0.717, 1.165) is 29.5 Å². The maximum Gasteiger partial charge on any atom is 0.251 e. The molecule has 5 nitrogen and oxygen atoms in total. The van der Waals surface area contributed by atoms with Gasteiger partial charge in [0.05, 0.1) is 18.5 Å². The van der Waals surface area contributed by atoms with Crippen molar-refractivity contribution in [2.75, 3.05) is 17.1 Å². The number of rotatable bonds is 11. The Balaban J connectivity index is 2.11. The molecule has 0 heterocycles. The first-order chi connectivity index (χ1) is 14.7. The number of hydrogen-bond donors (Lipinski definition) is 1. The van der Waals surface area contributed by atoms with Crippen LogP contribution in [-0.2, 0) is 16.6 Å². The van der Waals surface area contributed by atoms with Gasteiger partial charge in [-0.15, -0.1) is 0 Å². The fourth-order valence-corrected chi connectivity index (χ4v) is 4.52. The van der Waals surface area contributed by atoms with Crippen molar-refractivity contribution < 1.29 is 13.2 Å². The van der Waals surface area contributed by atoms with E-state index in [0.29, 0.717) is 23.7 Å². The Morgan fingerprint density at radius 3 is 2.32 bits per heavy atom. The van der Waals surface area contributed by atoms with Gasteiger partial charge < -0.3 is 5.32 Å². The highest BCUT2D eigenvalue weighted by Gasteiger charge is 2.20. The van der Waals surface area contributed by atoms with Crippen molar-refractivity contribution >= 4 is 21.6 Å². The molecule has 0 aromatic heterocycles. The number of aryl methyl sites for hydroxylation is 2. The minimum Gasteiger partial charge on any atom is -0.352 e. The average molecular weight is 445 g/mol. The van der Waals surface area contributed by atoms with Gasteiger partial charge in [0.25, 0.3) is 5.91 Å². The summed E-state index contributed by atoms with van der Waals surface area (Å²) in [4.78, 5) is 12.5. The van der Waals surface area contributed by atoms with Gasteiger partial charge in [0.2, 0.25) is 10.0 Å². The third-order valence-corrected chi connectivity index (χ3v) is 6.80. The zero-order valence-corrected chi connectivity index (χ0v) is 20.3. The van der Waals surface area contributed by atoms with E-state index in [1.54, 1.807) is 12.1 Å². The van der Waals surface area contributed by atoms with Crippen molar-refractivity contribution in [2.24, 2.45) is 5.92 Å². The second-order valence-electron chi connectivity index (χ2n) is 8.38. The molecule has 2 aromatic carbocycles. The van der Waals surface area contributed by atoms with Crippen LogP contribution in [0.3, 0.4) is 0 Å². The molecule has 0 aliphatic rings. The molecule has 0 fully saturated rings. The first-order valence-corrected chi connectivity index (χ1v) is 12.9. The summed E-state index contributed by atoms with van der Waals surface area (Å²) in [5.74, 6) is 0.417. The van der Waals surface area contributed by atoms with E-state index in [2.05, 4.69) is 19.2 Å². The summed E-state index contributed by atoms with van der Waals surface area (Å²) in [5.41, 5.74) is 4.01. The lowest BCUT2D eigenvalue weighted by molar-refractivity contribution is 0.0946. The van der Waals surface area contributed by atoms with Gasteiger partial charge in [0.15, 0.2) is 0 Å². The molecule has 0 spiro atoms. The van der Waals surface area contributed by atoms with Gasteiger partial charge in [-0.1, -0.05) is 57.4 Å². The van der Waals surface area contributed by atoms with Gasteiger partial charge in [0, 0.05) is 12.1 Å². The van der Waals surface area contributed by atoms with Crippen LogP contribution in [0.1, 0.15) is 66.6 Å². The molecule has 0 aliphatic heterocycles. The zero-order valence-electron chi connectivity index (χ0n) is 19.4. The zero-order chi connectivity index (χ0) is 23.0.